The lowest BCUT2D eigenvalue weighted by molar-refractivity contribution is 0.136. The summed E-state index contributed by atoms with van der Waals surface area (Å²) >= 11 is 0. The maximum atomic E-state index is 12.3. The highest BCUT2D eigenvalue weighted by molar-refractivity contribution is 5.74. The lowest BCUT2D eigenvalue weighted by Crippen LogP contribution is -2.52. The molecular formula is C20H29N5O. The van der Waals surface area contributed by atoms with Gasteiger partial charge in [0, 0.05) is 64.6 Å². The normalized spacial score (nSPS) is 15.2. The molecule has 0 bridgehead atoms. The first kappa shape index (κ1) is 18.5. The Hall–Kier alpha value is -2.34. The van der Waals surface area contributed by atoms with Crippen LogP contribution in [-0.4, -0.2) is 64.7 Å². The SMILES string of the molecule is CCc1nccn1CCN1CCN(C(=O)NCCc2ccccc2)CC1. The van der Waals surface area contributed by atoms with Gasteiger partial charge in [0.25, 0.3) is 0 Å². The van der Waals surface area contributed by atoms with Crippen molar-refractivity contribution in [3.63, 3.8) is 0 Å². The van der Waals surface area contributed by atoms with E-state index < -0.39 is 0 Å². The molecule has 6 nitrogen and oxygen atoms in total. The van der Waals surface area contributed by atoms with Gasteiger partial charge in [-0.15, -0.1) is 0 Å². The molecule has 0 spiro atoms. The molecule has 1 saturated heterocycles. The Bertz CT molecular complexity index is 677. The standard InChI is InChI=1S/C20H29N5O/c1-2-19-21-10-11-24(19)15-12-23-13-16-25(17-14-23)20(26)22-9-8-18-6-4-3-5-7-18/h3-7,10-11H,2,8-9,12-17H2,1H3,(H,22,26). The fraction of sp³-hybridized carbons (Fsp3) is 0.500. The molecule has 1 aliphatic rings. The number of amides is 2. The zero-order chi connectivity index (χ0) is 18.2. The van der Waals surface area contributed by atoms with Crippen LogP contribution in [0, 0.1) is 0 Å². The van der Waals surface area contributed by atoms with Gasteiger partial charge in [-0.1, -0.05) is 37.3 Å². The van der Waals surface area contributed by atoms with Crippen LogP contribution in [0.4, 0.5) is 4.79 Å². The third-order valence-corrected chi connectivity index (χ3v) is 4.97. The van der Waals surface area contributed by atoms with Crippen LogP contribution in [-0.2, 0) is 19.4 Å². The molecule has 26 heavy (non-hydrogen) atoms. The third-order valence-electron chi connectivity index (χ3n) is 4.97. The number of nitrogens with one attached hydrogen (secondary N) is 1. The van der Waals surface area contributed by atoms with Crippen LogP contribution in [0.1, 0.15) is 18.3 Å². The first-order valence-electron chi connectivity index (χ1n) is 9.55. The highest BCUT2D eigenvalue weighted by Crippen LogP contribution is 2.05. The minimum absolute atomic E-state index is 0.0588. The van der Waals surface area contributed by atoms with Gasteiger partial charge >= 0.3 is 6.03 Å². The number of piperazine rings is 1. The first-order valence-corrected chi connectivity index (χ1v) is 9.55. The van der Waals surface area contributed by atoms with E-state index in [0.717, 1.165) is 57.9 Å². The largest absolute Gasteiger partial charge is 0.338 e. The number of benzene rings is 1. The Balaban J connectivity index is 1.34. The molecule has 3 rings (SSSR count). The number of urea groups is 1. The highest BCUT2D eigenvalue weighted by atomic mass is 16.2. The van der Waals surface area contributed by atoms with Crippen molar-refractivity contribution in [1.29, 1.82) is 0 Å². The van der Waals surface area contributed by atoms with E-state index in [0.29, 0.717) is 6.54 Å². The quantitative estimate of drug-likeness (QED) is 0.827. The average Bonchev–Trinajstić information content (AvgIpc) is 3.15. The van der Waals surface area contributed by atoms with Crippen molar-refractivity contribution < 1.29 is 4.79 Å². The van der Waals surface area contributed by atoms with Crippen LogP contribution in [0.15, 0.2) is 42.7 Å². The van der Waals surface area contributed by atoms with Crippen LogP contribution in [0.25, 0.3) is 0 Å². The molecule has 0 radical (unpaired) electrons. The zero-order valence-electron chi connectivity index (χ0n) is 15.6. The molecule has 1 aromatic heterocycles. The summed E-state index contributed by atoms with van der Waals surface area (Å²) < 4.78 is 2.22. The number of carbonyl (C=O) groups excluding carboxylic acids is 1. The van der Waals surface area contributed by atoms with Gasteiger partial charge in [-0.2, -0.15) is 0 Å². The van der Waals surface area contributed by atoms with E-state index in [1.165, 1.54) is 5.56 Å². The van der Waals surface area contributed by atoms with E-state index in [9.17, 15) is 4.79 Å². The van der Waals surface area contributed by atoms with Gasteiger partial charge in [-0.05, 0) is 12.0 Å². The smallest absolute Gasteiger partial charge is 0.317 e. The molecule has 0 aliphatic carbocycles. The first-order chi connectivity index (χ1) is 12.8. The Labute approximate surface area is 155 Å². The van der Waals surface area contributed by atoms with Crippen molar-refractivity contribution in [3.05, 3.63) is 54.1 Å². The van der Waals surface area contributed by atoms with Gasteiger partial charge in [-0.3, -0.25) is 4.90 Å². The Morgan fingerprint density at radius 2 is 1.88 bits per heavy atom. The molecule has 1 N–H and O–H groups in total. The molecule has 2 amide bonds. The van der Waals surface area contributed by atoms with Gasteiger partial charge in [0.1, 0.15) is 5.82 Å². The summed E-state index contributed by atoms with van der Waals surface area (Å²) in [6.07, 6.45) is 5.76. The maximum absolute atomic E-state index is 12.3. The molecule has 0 saturated carbocycles. The van der Waals surface area contributed by atoms with Gasteiger partial charge in [0.2, 0.25) is 0 Å². The number of aryl methyl sites for hydroxylation is 1. The Morgan fingerprint density at radius 1 is 1.12 bits per heavy atom. The van der Waals surface area contributed by atoms with Crippen LogP contribution in [0.2, 0.25) is 0 Å². The summed E-state index contributed by atoms with van der Waals surface area (Å²) in [5, 5.41) is 3.04. The van der Waals surface area contributed by atoms with Crippen LogP contribution < -0.4 is 5.32 Å². The second kappa shape index (κ2) is 9.38. The van der Waals surface area contributed by atoms with Crippen molar-refractivity contribution in [2.75, 3.05) is 39.3 Å². The molecule has 140 valence electrons. The molecular weight excluding hydrogens is 326 g/mol. The number of nitrogens with zero attached hydrogens (tertiary/aromatic N) is 4. The van der Waals surface area contributed by atoms with E-state index >= 15 is 0 Å². The molecule has 2 aromatic rings. The van der Waals surface area contributed by atoms with Crippen LogP contribution in [0.3, 0.4) is 0 Å². The van der Waals surface area contributed by atoms with E-state index in [2.05, 4.69) is 45.0 Å². The predicted octanol–water partition coefficient (Wildman–Crippen LogP) is 2.02. The lowest BCUT2D eigenvalue weighted by Gasteiger charge is -2.34. The van der Waals surface area contributed by atoms with Crippen molar-refractivity contribution in [3.8, 4) is 0 Å². The minimum atomic E-state index is 0.0588. The number of aromatic nitrogens is 2. The maximum Gasteiger partial charge on any atom is 0.317 e. The van der Waals surface area contributed by atoms with Crippen LogP contribution in [0.5, 0.6) is 0 Å². The van der Waals surface area contributed by atoms with E-state index in [1.807, 2.05) is 29.3 Å². The molecule has 1 fully saturated rings. The number of hydrogen-bond donors (Lipinski definition) is 1. The monoisotopic (exact) mass is 355 g/mol. The van der Waals surface area contributed by atoms with Gasteiger partial charge in [-0.25, -0.2) is 9.78 Å². The number of carbonyl (C=O) groups is 1. The summed E-state index contributed by atoms with van der Waals surface area (Å²) in [7, 11) is 0. The number of hydrogen-bond acceptors (Lipinski definition) is 3. The van der Waals surface area contributed by atoms with Gasteiger partial charge in [0.15, 0.2) is 0 Å². The zero-order valence-corrected chi connectivity index (χ0v) is 15.6. The summed E-state index contributed by atoms with van der Waals surface area (Å²) in [6, 6.07) is 10.3. The van der Waals surface area contributed by atoms with Crippen LogP contribution >= 0.6 is 0 Å². The number of imidazole rings is 1. The average molecular weight is 355 g/mol. The van der Waals surface area contributed by atoms with E-state index in [4.69, 9.17) is 0 Å². The summed E-state index contributed by atoms with van der Waals surface area (Å²) in [6.45, 7) is 8.24. The van der Waals surface area contributed by atoms with Crippen molar-refractivity contribution in [2.24, 2.45) is 0 Å². The molecule has 2 heterocycles. The minimum Gasteiger partial charge on any atom is -0.338 e. The predicted molar refractivity (Wildman–Crippen MR) is 103 cm³/mol. The van der Waals surface area contributed by atoms with Crippen molar-refractivity contribution in [2.45, 2.75) is 26.3 Å². The van der Waals surface area contributed by atoms with Crippen molar-refractivity contribution >= 4 is 6.03 Å². The van der Waals surface area contributed by atoms with Crippen molar-refractivity contribution in [1.82, 2.24) is 24.7 Å². The lowest BCUT2D eigenvalue weighted by atomic mass is 10.1. The second-order valence-corrected chi connectivity index (χ2v) is 6.69. The second-order valence-electron chi connectivity index (χ2n) is 6.69. The van der Waals surface area contributed by atoms with E-state index in [1.54, 1.807) is 0 Å². The topological polar surface area (TPSA) is 53.4 Å². The molecule has 1 aliphatic heterocycles. The molecule has 1 aromatic carbocycles. The fourth-order valence-electron chi connectivity index (χ4n) is 3.35. The summed E-state index contributed by atoms with van der Waals surface area (Å²) in [4.78, 5) is 21.0. The Kier molecular flexibility index (Phi) is 6.66. The molecule has 6 heteroatoms. The fourth-order valence-corrected chi connectivity index (χ4v) is 3.35. The van der Waals surface area contributed by atoms with E-state index in [-0.39, 0.29) is 6.03 Å². The highest BCUT2D eigenvalue weighted by Gasteiger charge is 2.20. The summed E-state index contributed by atoms with van der Waals surface area (Å²) in [5.41, 5.74) is 1.25. The van der Waals surface area contributed by atoms with Gasteiger partial charge < -0.3 is 14.8 Å². The molecule has 0 unspecified atom stereocenters. The third kappa shape index (κ3) is 5.08. The molecule has 0 atom stereocenters. The van der Waals surface area contributed by atoms with Gasteiger partial charge in [0.05, 0.1) is 0 Å². The summed E-state index contributed by atoms with van der Waals surface area (Å²) in [5.74, 6) is 1.14. The Morgan fingerprint density at radius 3 is 2.62 bits per heavy atom. The number of rotatable bonds is 7.